The fraction of sp³-hybridized carbons (Fsp3) is 0.367. The van der Waals surface area contributed by atoms with Crippen LogP contribution in [0.25, 0.3) is 0 Å². The summed E-state index contributed by atoms with van der Waals surface area (Å²) in [5.41, 5.74) is 3.04. The zero-order valence-electron chi connectivity index (χ0n) is 20.9. The third kappa shape index (κ3) is 7.06. The Kier molecular flexibility index (Phi) is 9.88. The molecule has 1 saturated heterocycles. The highest BCUT2D eigenvalue weighted by molar-refractivity contribution is 9.10. The minimum atomic E-state index is -1.34. The molecule has 196 valence electrons. The van der Waals surface area contributed by atoms with Crippen molar-refractivity contribution >= 4 is 21.9 Å². The molecule has 1 aliphatic heterocycles. The maximum atomic E-state index is 12.4. The van der Waals surface area contributed by atoms with Crippen LogP contribution in [0, 0.1) is 0 Å². The summed E-state index contributed by atoms with van der Waals surface area (Å²) in [5.74, 6) is -0.999. The molecule has 2 unspecified atom stereocenters. The van der Waals surface area contributed by atoms with Crippen LogP contribution < -0.4 is 0 Å². The molecule has 0 aromatic heterocycles. The van der Waals surface area contributed by atoms with Gasteiger partial charge in [0.05, 0.1) is 26.4 Å². The van der Waals surface area contributed by atoms with E-state index < -0.39 is 34.7 Å². The lowest BCUT2D eigenvalue weighted by Crippen LogP contribution is -2.51. The van der Waals surface area contributed by atoms with Crippen molar-refractivity contribution in [1.82, 2.24) is 0 Å². The minimum Gasteiger partial charge on any atom is -0.480 e. The number of ether oxygens (including phenoxy) is 4. The van der Waals surface area contributed by atoms with E-state index in [-0.39, 0.29) is 6.61 Å². The second kappa shape index (κ2) is 13.3. The molecule has 0 saturated carbocycles. The first-order valence-electron chi connectivity index (χ1n) is 12.5. The number of hydrogen-bond donors (Lipinski definition) is 1. The number of halogens is 1. The van der Waals surface area contributed by atoms with Crippen molar-refractivity contribution < 1.29 is 28.8 Å². The third-order valence-electron chi connectivity index (χ3n) is 6.60. The molecule has 37 heavy (non-hydrogen) atoms. The molecular formula is C30H33BrO6. The number of aliphatic carboxylic acids is 1. The van der Waals surface area contributed by atoms with Gasteiger partial charge >= 0.3 is 5.97 Å². The summed E-state index contributed by atoms with van der Waals surface area (Å²) in [6, 6.07) is 29.5. The monoisotopic (exact) mass is 568 g/mol. The average molecular weight is 569 g/mol. The van der Waals surface area contributed by atoms with E-state index in [2.05, 4.69) is 15.9 Å². The second-order valence-corrected chi connectivity index (χ2v) is 10.6. The summed E-state index contributed by atoms with van der Waals surface area (Å²) in [6.45, 7) is 3.12. The Balaban J connectivity index is 1.57. The largest absolute Gasteiger partial charge is 0.480 e. The molecule has 0 spiro atoms. The van der Waals surface area contributed by atoms with E-state index in [1.807, 2.05) is 97.9 Å². The highest BCUT2D eigenvalue weighted by Gasteiger charge is 2.57. The molecule has 6 nitrogen and oxygen atoms in total. The Morgan fingerprint density at radius 3 is 1.73 bits per heavy atom. The Hall–Kier alpha value is -2.55. The summed E-state index contributed by atoms with van der Waals surface area (Å²) < 4.78 is 23.9. The Bertz CT molecular complexity index is 1100. The van der Waals surface area contributed by atoms with Gasteiger partial charge in [0, 0.05) is 0 Å². The molecule has 7 heteroatoms. The van der Waals surface area contributed by atoms with E-state index in [1.54, 1.807) is 0 Å². The maximum absolute atomic E-state index is 12.4. The van der Waals surface area contributed by atoms with Crippen LogP contribution in [0.3, 0.4) is 0 Å². The number of carbonyl (C=O) groups is 1. The Labute approximate surface area is 226 Å². The number of alkyl halides is 1. The van der Waals surface area contributed by atoms with Crippen LogP contribution in [0.15, 0.2) is 91.0 Å². The van der Waals surface area contributed by atoms with E-state index in [0.29, 0.717) is 26.2 Å². The van der Waals surface area contributed by atoms with Gasteiger partial charge in [-0.05, 0) is 23.1 Å². The SMILES string of the molecule is CCC(Br)(C(=O)O)C1O[C@H](COCc2ccccc2)[C@@H](OCc2ccccc2)[C@H]1OCc1ccccc1. The van der Waals surface area contributed by atoms with Gasteiger partial charge in [0.15, 0.2) is 4.32 Å². The van der Waals surface area contributed by atoms with Gasteiger partial charge in [0.2, 0.25) is 0 Å². The van der Waals surface area contributed by atoms with Crippen molar-refractivity contribution in [2.75, 3.05) is 6.61 Å². The first kappa shape index (κ1) is 27.5. The molecule has 0 amide bonds. The first-order chi connectivity index (χ1) is 18.0. The van der Waals surface area contributed by atoms with E-state index in [4.69, 9.17) is 18.9 Å². The van der Waals surface area contributed by atoms with Crippen molar-refractivity contribution in [2.24, 2.45) is 0 Å². The van der Waals surface area contributed by atoms with Gasteiger partial charge in [0.25, 0.3) is 0 Å². The van der Waals surface area contributed by atoms with Crippen molar-refractivity contribution in [3.8, 4) is 0 Å². The number of hydrogen-bond acceptors (Lipinski definition) is 5. The molecule has 5 atom stereocenters. The Morgan fingerprint density at radius 1 is 0.811 bits per heavy atom. The van der Waals surface area contributed by atoms with E-state index >= 15 is 0 Å². The van der Waals surface area contributed by atoms with Gasteiger partial charge in [-0.1, -0.05) is 114 Å². The van der Waals surface area contributed by atoms with Crippen LogP contribution in [-0.4, -0.2) is 46.4 Å². The van der Waals surface area contributed by atoms with Crippen molar-refractivity contribution in [3.63, 3.8) is 0 Å². The van der Waals surface area contributed by atoms with Crippen LogP contribution in [0.5, 0.6) is 0 Å². The average Bonchev–Trinajstić information content (AvgIpc) is 3.29. The van der Waals surface area contributed by atoms with Gasteiger partial charge < -0.3 is 24.1 Å². The second-order valence-electron chi connectivity index (χ2n) is 9.14. The highest BCUT2D eigenvalue weighted by atomic mass is 79.9. The minimum absolute atomic E-state index is 0.239. The molecule has 1 N–H and O–H groups in total. The molecular weight excluding hydrogens is 536 g/mol. The predicted octanol–water partition coefficient (Wildman–Crippen LogP) is 5.77. The standard InChI is InChI=1S/C30H33BrO6/c1-2-30(31,29(32)33)28-27(36-20-24-16-10-5-11-17-24)26(35-19-23-14-8-4-9-15-23)25(37-28)21-34-18-22-12-6-3-7-13-22/h3-17,25-28H,2,18-21H2,1H3,(H,32,33)/t25-,26-,27-,28?,30?/m1/s1. The molecule has 1 aliphatic rings. The highest BCUT2D eigenvalue weighted by Crippen LogP contribution is 2.40. The van der Waals surface area contributed by atoms with Gasteiger partial charge in [-0.2, -0.15) is 0 Å². The molecule has 1 heterocycles. The van der Waals surface area contributed by atoms with Crippen LogP contribution in [0.1, 0.15) is 30.0 Å². The molecule has 3 aromatic carbocycles. The third-order valence-corrected chi connectivity index (χ3v) is 7.95. The zero-order valence-corrected chi connectivity index (χ0v) is 22.5. The fourth-order valence-electron chi connectivity index (χ4n) is 4.49. The number of benzene rings is 3. The van der Waals surface area contributed by atoms with Gasteiger partial charge in [0.1, 0.15) is 24.4 Å². The van der Waals surface area contributed by atoms with Crippen LogP contribution >= 0.6 is 15.9 Å². The smallest absolute Gasteiger partial charge is 0.323 e. The van der Waals surface area contributed by atoms with Gasteiger partial charge in [-0.3, -0.25) is 4.79 Å². The first-order valence-corrected chi connectivity index (χ1v) is 13.3. The lowest BCUT2D eigenvalue weighted by atomic mass is 9.93. The summed E-state index contributed by atoms with van der Waals surface area (Å²) in [7, 11) is 0. The van der Waals surface area contributed by atoms with E-state index in [9.17, 15) is 9.90 Å². The van der Waals surface area contributed by atoms with E-state index in [0.717, 1.165) is 16.7 Å². The number of carboxylic acid groups (broad SMARTS) is 1. The molecule has 0 bridgehead atoms. The van der Waals surface area contributed by atoms with E-state index in [1.165, 1.54) is 0 Å². The number of rotatable bonds is 13. The molecule has 4 rings (SSSR count). The molecule has 3 aromatic rings. The quantitative estimate of drug-likeness (QED) is 0.264. The molecule has 0 radical (unpaired) electrons. The topological polar surface area (TPSA) is 74.2 Å². The van der Waals surface area contributed by atoms with Crippen molar-refractivity contribution in [1.29, 1.82) is 0 Å². The lowest BCUT2D eigenvalue weighted by Gasteiger charge is -2.32. The summed E-state index contributed by atoms with van der Waals surface area (Å²) >= 11 is 3.50. The maximum Gasteiger partial charge on any atom is 0.323 e. The predicted molar refractivity (Wildman–Crippen MR) is 144 cm³/mol. The molecule has 1 fully saturated rings. The lowest BCUT2D eigenvalue weighted by molar-refractivity contribution is -0.148. The van der Waals surface area contributed by atoms with Crippen LogP contribution in [-0.2, 0) is 43.6 Å². The summed E-state index contributed by atoms with van der Waals surface area (Å²) in [4.78, 5) is 12.4. The normalized spacial score (nSPS) is 23.0. The molecule has 0 aliphatic carbocycles. The van der Waals surface area contributed by atoms with Gasteiger partial charge in [-0.15, -0.1) is 0 Å². The zero-order chi connectivity index (χ0) is 26.1. The summed E-state index contributed by atoms with van der Waals surface area (Å²) in [5, 5.41) is 10.1. The van der Waals surface area contributed by atoms with Crippen molar-refractivity contribution in [3.05, 3.63) is 108 Å². The van der Waals surface area contributed by atoms with Crippen LogP contribution in [0.2, 0.25) is 0 Å². The van der Waals surface area contributed by atoms with Crippen LogP contribution in [0.4, 0.5) is 0 Å². The Morgan fingerprint density at radius 2 is 1.27 bits per heavy atom. The van der Waals surface area contributed by atoms with Crippen molar-refractivity contribution in [2.45, 2.75) is 61.9 Å². The summed E-state index contributed by atoms with van der Waals surface area (Å²) in [6.07, 6.45) is -2.16. The fourth-order valence-corrected chi connectivity index (χ4v) is 4.86. The number of carboxylic acids is 1. The van der Waals surface area contributed by atoms with Gasteiger partial charge in [-0.25, -0.2) is 0 Å².